The molecule has 0 radical (unpaired) electrons. The summed E-state index contributed by atoms with van der Waals surface area (Å²) in [4.78, 5) is -0.0242. The fraction of sp³-hybridized carbons (Fsp3) is 0.100. The maximum atomic E-state index is 12.0. The molecular formula is C10H12N4O2S. The number of hydrogen-bond acceptors (Lipinski definition) is 4. The summed E-state index contributed by atoms with van der Waals surface area (Å²) in [5.41, 5.74) is 6.01. The first kappa shape index (κ1) is 11.5. The molecule has 0 bridgehead atoms. The van der Waals surface area contributed by atoms with Crippen LogP contribution in [0.2, 0.25) is 0 Å². The average Bonchev–Trinajstić information content (AvgIpc) is 2.59. The molecule has 0 aliphatic heterocycles. The van der Waals surface area contributed by atoms with Crippen LogP contribution < -0.4 is 10.5 Å². The van der Waals surface area contributed by atoms with Gasteiger partial charge in [0.25, 0.3) is 10.0 Å². The monoisotopic (exact) mass is 252 g/mol. The van der Waals surface area contributed by atoms with Crippen molar-refractivity contribution in [3.8, 4) is 0 Å². The number of aromatic nitrogens is 2. The summed E-state index contributed by atoms with van der Waals surface area (Å²) in [6.45, 7) is 0. The van der Waals surface area contributed by atoms with Crippen molar-refractivity contribution in [3.05, 3.63) is 36.5 Å². The zero-order valence-electron chi connectivity index (χ0n) is 9.16. The van der Waals surface area contributed by atoms with E-state index < -0.39 is 10.0 Å². The van der Waals surface area contributed by atoms with Crippen LogP contribution in [0, 0.1) is 0 Å². The third-order valence-corrected chi connectivity index (χ3v) is 3.54. The van der Waals surface area contributed by atoms with Gasteiger partial charge in [-0.3, -0.25) is 9.40 Å². The average molecular weight is 252 g/mol. The molecule has 1 heterocycles. The summed E-state index contributed by atoms with van der Waals surface area (Å²) in [6.07, 6.45) is 1.36. The van der Waals surface area contributed by atoms with Crippen LogP contribution in [0.1, 0.15) is 0 Å². The van der Waals surface area contributed by atoms with E-state index >= 15 is 0 Å². The van der Waals surface area contributed by atoms with Crippen LogP contribution in [-0.4, -0.2) is 18.2 Å². The van der Waals surface area contributed by atoms with Crippen molar-refractivity contribution in [3.63, 3.8) is 0 Å². The quantitative estimate of drug-likeness (QED) is 0.845. The zero-order chi connectivity index (χ0) is 12.5. The third-order valence-electron chi connectivity index (χ3n) is 2.14. The standard InChI is InChI=1S/C10H12N4O2S/c1-14-7-9(10(11)12-14)17(15,16)13-8-5-3-2-4-6-8/h2-7,13H,1H3,(H2,11,12). The Bertz CT molecular complexity index is 619. The SMILES string of the molecule is Cn1cc(S(=O)(=O)Nc2ccccc2)c(N)n1. The van der Waals surface area contributed by atoms with Gasteiger partial charge in [-0.2, -0.15) is 5.10 Å². The van der Waals surface area contributed by atoms with Gasteiger partial charge >= 0.3 is 0 Å². The van der Waals surface area contributed by atoms with Gasteiger partial charge in [-0.15, -0.1) is 0 Å². The largest absolute Gasteiger partial charge is 0.381 e. The second kappa shape index (κ2) is 4.10. The fourth-order valence-electron chi connectivity index (χ4n) is 1.41. The molecule has 90 valence electrons. The molecule has 0 atom stereocenters. The topological polar surface area (TPSA) is 90.0 Å². The van der Waals surface area contributed by atoms with Crippen LogP contribution in [0.3, 0.4) is 0 Å². The molecule has 6 nitrogen and oxygen atoms in total. The molecule has 0 amide bonds. The Labute approximate surface area is 99.1 Å². The van der Waals surface area contributed by atoms with Crippen molar-refractivity contribution in [2.75, 3.05) is 10.5 Å². The van der Waals surface area contributed by atoms with Crippen LogP contribution >= 0.6 is 0 Å². The molecule has 0 spiro atoms. The highest BCUT2D eigenvalue weighted by Crippen LogP contribution is 2.19. The van der Waals surface area contributed by atoms with Gasteiger partial charge in [-0.25, -0.2) is 8.42 Å². The predicted molar refractivity (Wildman–Crippen MR) is 64.9 cm³/mol. The lowest BCUT2D eigenvalue weighted by atomic mass is 10.3. The molecule has 1 aromatic carbocycles. The molecule has 0 saturated heterocycles. The van der Waals surface area contributed by atoms with Gasteiger partial charge in [0.2, 0.25) is 0 Å². The maximum absolute atomic E-state index is 12.0. The van der Waals surface area contributed by atoms with E-state index in [4.69, 9.17) is 5.73 Å². The summed E-state index contributed by atoms with van der Waals surface area (Å²) >= 11 is 0. The number of hydrogen-bond donors (Lipinski definition) is 2. The number of nitrogens with zero attached hydrogens (tertiary/aromatic N) is 2. The minimum absolute atomic E-state index is 0.0177. The number of para-hydroxylation sites is 1. The first-order chi connectivity index (χ1) is 7.99. The number of aryl methyl sites for hydroxylation is 1. The van der Waals surface area contributed by atoms with E-state index in [9.17, 15) is 8.42 Å². The highest BCUT2D eigenvalue weighted by Gasteiger charge is 2.20. The van der Waals surface area contributed by atoms with Gasteiger partial charge in [0.05, 0.1) is 0 Å². The van der Waals surface area contributed by atoms with E-state index in [-0.39, 0.29) is 10.7 Å². The number of anilines is 2. The molecule has 2 aromatic rings. The Hall–Kier alpha value is -2.02. The first-order valence-electron chi connectivity index (χ1n) is 4.86. The van der Waals surface area contributed by atoms with Crippen molar-refractivity contribution in [2.24, 2.45) is 7.05 Å². The Morgan fingerprint density at radius 2 is 1.94 bits per heavy atom. The Morgan fingerprint density at radius 1 is 1.29 bits per heavy atom. The molecule has 7 heteroatoms. The van der Waals surface area contributed by atoms with Gasteiger partial charge in [0.15, 0.2) is 5.82 Å². The third kappa shape index (κ3) is 2.39. The lowest BCUT2D eigenvalue weighted by Crippen LogP contribution is -2.13. The number of nitrogens with two attached hydrogens (primary N) is 1. The van der Waals surface area contributed by atoms with Crippen LogP contribution in [0.4, 0.5) is 11.5 Å². The first-order valence-corrected chi connectivity index (χ1v) is 6.34. The summed E-state index contributed by atoms with van der Waals surface area (Å²) in [5.74, 6) is -0.0177. The highest BCUT2D eigenvalue weighted by molar-refractivity contribution is 7.92. The smallest absolute Gasteiger partial charge is 0.267 e. The van der Waals surface area contributed by atoms with Crippen LogP contribution in [0.15, 0.2) is 41.4 Å². The number of sulfonamides is 1. The molecule has 0 unspecified atom stereocenters. The van der Waals surface area contributed by atoms with Gasteiger partial charge < -0.3 is 5.73 Å². The number of benzene rings is 1. The molecular weight excluding hydrogens is 240 g/mol. The Kier molecular flexibility index (Phi) is 2.76. The Morgan fingerprint density at radius 3 is 2.47 bits per heavy atom. The molecule has 3 N–H and O–H groups in total. The van der Waals surface area contributed by atoms with Crippen molar-refractivity contribution in [2.45, 2.75) is 4.90 Å². The molecule has 17 heavy (non-hydrogen) atoms. The van der Waals surface area contributed by atoms with E-state index in [1.165, 1.54) is 10.9 Å². The summed E-state index contributed by atoms with van der Waals surface area (Å²) in [7, 11) is -2.07. The minimum Gasteiger partial charge on any atom is -0.381 e. The number of rotatable bonds is 3. The van der Waals surface area contributed by atoms with E-state index in [2.05, 4.69) is 9.82 Å². The van der Waals surface area contributed by atoms with Crippen LogP contribution in [0.25, 0.3) is 0 Å². The van der Waals surface area contributed by atoms with E-state index in [1.807, 2.05) is 0 Å². The zero-order valence-corrected chi connectivity index (χ0v) is 9.98. The molecule has 0 aliphatic carbocycles. The van der Waals surface area contributed by atoms with Crippen LogP contribution in [-0.2, 0) is 17.1 Å². The summed E-state index contributed by atoms with van der Waals surface area (Å²) in [6, 6.07) is 8.60. The van der Waals surface area contributed by atoms with Crippen LogP contribution in [0.5, 0.6) is 0 Å². The maximum Gasteiger partial charge on any atom is 0.267 e. The van der Waals surface area contributed by atoms with Gasteiger partial charge in [0.1, 0.15) is 4.90 Å². The fourth-order valence-corrected chi connectivity index (χ4v) is 2.57. The van der Waals surface area contributed by atoms with E-state index in [1.54, 1.807) is 37.4 Å². The van der Waals surface area contributed by atoms with Gasteiger partial charge in [0, 0.05) is 18.9 Å². The van der Waals surface area contributed by atoms with E-state index in [0.717, 1.165) is 0 Å². The van der Waals surface area contributed by atoms with E-state index in [0.29, 0.717) is 5.69 Å². The lowest BCUT2D eigenvalue weighted by molar-refractivity contribution is 0.601. The predicted octanol–water partition coefficient (Wildman–Crippen LogP) is 0.803. The Balaban J connectivity index is 2.35. The molecule has 0 saturated carbocycles. The lowest BCUT2D eigenvalue weighted by Gasteiger charge is -2.05. The molecule has 1 aromatic heterocycles. The van der Waals surface area contributed by atoms with Gasteiger partial charge in [-0.1, -0.05) is 18.2 Å². The summed E-state index contributed by atoms with van der Waals surface area (Å²) < 4.78 is 27.8. The highest BCUT2D eigenvalue weighted by atomic mass is 32.2. The van der Waals surface area contributed by atoms with Gasteiger partial charge in [-0.05, 0) is 12.1 Å². The summed E-state index contributed by atoms with van der Waals surface area (Å²) in [5, 5.41) is 3.79. The van der Waals surface area contributed by atoms with Crippen molar-refractivity contribution >= 4 is 21.5 Å². The van der Waals surface area contributed by atoms with Crippen molar-refractivity contribution in [1.29, 1.82) is 0 Å². The molecule has 2 rings (SSSR count). The van der Waals surface area contributed by atoms with Crippen molar-refractivity contribution in [1.82, 2.24) is 9.78 Å². The second-order valence-corrected chi connectivity index (χ2v) is 5.17. The number of nitrogens with one attached hydrogen (secondary N) is 1. The van der Waals surface area contributed by atoms with Crippen molar-refractivity contribution < 1.29 is 8.42 Å². The molecule has 0 aliphatic rings. The second-order valence-electron chi connectivity index (χ2n) is 3.52. The minimum atomic E-state index is -3.68. The normalized spacial score (nSPS) is 11.4. The molecule has 0 fully saturated rings. The number of nitrogen functional groups attached to an aromatic ring is 1.